The Bertz CT molecular complexity index is 1160. The zero-order chi connectivity index (χ0) is 23.4. The highest BCUT2D eigenvalue weighted by molar-refractivity contribution is 8.00. The second-order valence-electron chi connectivity index (χ2n) is 7.26. The van der Waals surface area contributed by atoms with Crippen LogP contribution in [0.4, 0.5) is 5.69 Å². The van der Waals surface area contributed by atoms with Gasteiger partial charge in [-0.2, -0.15) is 0 Å². The number of furan rings is 1. The number of rotatable bonds is 7. The Morgan fingerprint density at radius 1 is 1.21 bits per heavy atom. The summed E-state index contributed by atoms with van der Waals surface area (Å²) in [6.45, 7) is 2.36. The highest BCUT2D eigenvalue weighted by atomic mass is 35.5. The van der Waals surface area contributed by atoms with Gasteiger partial charge < -0.3 is 19.4 Å². The van der Waals surface area contributed by atoms with Gasteiger partial charge in [-0.3, -0.25) is 9.59 Å². The lowest BCUT2D eigenvalue weighted by Crippen LogP contribution is -2.27. The van der Waals surface area contributed by atoms with Gasteiger partial charge in [0.1, 0.15) is 11.1 Å². The van der Waals surface area contributed by atoms with Crippen molar-refractivity contribution in [3.8, 4) is 0 Å². The van der Waals surface area contributed by atoms with E-state index in [9.17, 15) is 14.4 Å². The molecule has 7 nitrogen and oxygen atoms in total. The zero-order valence-electron chi connectivity index (χ0n) is 17.7. The molecular formula is C24H21ClN2O5S. The number of thioether (sulfide) groups is 1. The fourth-order valence-electron chi connectivity index (χ4n) is 3.44. The van der Waals surface area contributed by atoms with Gasteiger partial charge in [-0.05, 0) is 55.0 Å². The third-order valence-corrected chi connectivity index (χ3v) is 6.62. The largest absolute Gasteiger partial charge is 0.467 e. The Morgan fingerprint density at radius 2 is 2.00 bits per heavy atom. The molecular weight excluding hydrogens is 464 g/mol. The number of benzene rings is 2. The molecule has 1 N–H and O–H groups in total. The smallest absolute Gasteiger partial charge is 0.339 e. The number of ether oxygens (including phenoxy) is 1. The Kier molecular flexibility index (Phi) is 7.05. The summed E-state index contributed by atoms with van der Waals surface area (Å²) in [6, 6.07) is 15.4. The van der Waals surface area contributed by atoms with Crippen LogP contribution < -0.4 is 5.32 Å². The van der Waals surface area contributed by atoms with Gasteiger partial charge in [-0.1, -0.05) is 23.7 Å². The summed E-state index contributed by atoms with van der Waals surface area (Å²) in [5.41, 5.74) is 2.08. The molecule has 1 fully saturated rings. The van der Waals surface area contributed by atoms with Crippen LogP contribution >= 0.6 is 23.4 Å². The van der Waals surface area contributed by atoms with Crippen molar-refractivity contribution < 1.29 is 23.5 Å². The van der Waals surface area contributed by atoms with Gasteiger partial charge >= 0.3 is 5.97 Å². The molecule has 0 spiro atoms. The van der Waals surface area contributed by atoms with Gasteiger partial charge in [0, 0.05) is 11.3 Å². The maximum absolute atomic E-state index is 12.7. The second-order valence-corrected chi connectivity index (χ2v) is 8.73. The van der Waals surface area contributed by atoms with Crippen molar-refractivity contribution in [2.75, 3.05) is 17.7 Å². The molecule has 2 aromatic carbocycles. The standard InChI is InChI=1S/C24H21ClN2O5S/c1-2-31-24(30)19-10-9-17(12-20(19)25)26-22(29)15-5-7-16(8-6-15)23-27(21(28)14-33-23)13-18-4-3-11-32-18/h3-12,23H,2,13-14H2,1H3,(H,26,29)/t23-/m1/s1. The number of halogens is 1. The van der Waals surface area contributed by atoms with Crippen molar-refractivity contribution in [1.82, 2.24) is 4.90 Å². The molecule has 33 heavy (non-hydrogen) atoms. The maximum atomic E-state index is 12.7. The van der Waals surface area contributed by atoms with Crippen LogP contribution in [0, 0.1) is 0 Å². The summed E-state index contributed by atoms with van der Waals surface area (Å²) in [5, 5.41) is 2.83. The van der Waals surface area contributed by atoms with Gasteiger partial charge in [-0.25, -0.2) is 4.79 Å². The maximum Gasteiger partial charge on any atom is 0.339 e. The van der Waals surface area contributed by atoms with E-state index in [1.54, 1.807) is 54.1 Å². The predicted molar refractivity (Wildman–Crippen MR) is 126 cm³/mol. The molecule has 2 heterocycles. The van der Waals surface area contributed by atoms with Crippen LogP contribution in [0.1, 0.15) is 44.3 Å². The summed E-state index contributed by atoms with van der Waals surface area (Å²) in [7, 11) is 0. The number of carbonyl (C=O) groups is 3. The van der Waals surface area contributed by atoms with Gasteiger partial charge in [0.2, 0.25) is 5.91 Å². The molecule has 4 rings (SSSR count). The summed E-state index contributed by atoms with van der Waals surface area (Å²) in [5.74, 6) is 0.339. The minimum Gasteiger partial charge on any atom is -0.467 e. The Balaban J connectivity index is 1.43. The second kappa shape index (κ2) is 10.1. The lowest BCUT2D eigenvalue weighted by atomic mass is 10.1. The van der Waals surface area contributed by atoms with E-state index in [1.165, 1.54) is 12.1 Å². The van der Waals surface area contributed by atoms with Crippen LogP contribution in [0.2, 0.25) is 5.02 Å². The molecule has 1 aliphatic heterocycles. The minimum absolute atomic E-state index is 0.0476. The number of amides is 2. The average molecular weight is 485 g/mol. The van der Waals surface area contributed by atoms with Crippen LogP contribution in [-0.4, -0.2) is 35.0 Å². The fraction of sp³-hybridized carbons (Fsp3) is 0.208. The number of nitrogens with one attached hydrogen (secondary N) is 1. The van der Waals surface area contributed by atoms with Crippen molar-refractivity contribution in [1.29, 1.82) is 0 Å². The average Bonchev–Trinajstić information content (AvgIpc) is 3.44. The molecule has 1 atom stereocenters. The molecule has 1 aromatic heterocycles. The van der Waals surface area contributed by atoms with Gasteiger partial charge in [0.05, 0.1) is 35.8 Å². The van der Waals surface area contributed by atoms with E-state index in [0.29, 0.717) is 23.5 Å². The SMILES string of the molecule is CCOC(=O)c1ccc(NC(=O)c2ccc([C@H]3SCC(=O)N3Cc3ccco3)cc2)cc1Cl. The third-order valence-electron chi connectivity index (χ3n) is 5.05. The zero-order valence-corrected chi connectivity index (χ0v) is 19.3. The van der Waals surface area contributed by atoms with E-state index in [0.717, 1.165) is 11.3 Å². The van der Waals surface area contributed by atoms with E-state index in [2.05, 4.69) is 5.32 Å². The molecule has 0 unspecified atom stereocenters. The van der Waals surface area contributed by atoms with Gasteiger partial charge in [-0.15, -0.1) is 11.8 Å². The molecule has 1 saturated heterocycles. The first-order valence-electron chi connectivity index (χ1n) is 10.3. The van der Waals surface area contributed by atoms with Gasteiger partial charge in [0.15, 0.2) is 0 Å². The minimum atomic E-state index is -0.514. The van der Waals surface area contributed by atoms with E-state index < -0.39 is 5.97 Å². The summed E-state index contributed by atoms with van der Waals surface area (Å²) in [6.07, 6.45) is 1.59. The number of hydrogen-bond acceptors (Lipinski definition) is 6. The van der Waals surface area contributed by atoms with Crippen LogP contribution in [0.3, 0.4) is 0 Å². The highest BCUT2D eigenvalue weighted by Crippen LogP contribution is 2.39. The van der Waals surface area contributed by atoms with Crippen LogP contribution in [0.25, 0.3) is 0 Å². The summed E-state index contributed by atoms with van der Waals surface area (Å²) < 4.78 is 10.3. The van der Waals surface area contributed by atoms with Crippen LogP contribution in [0.5, 0.6) is 0 Å². The Hall–Kier alpha value is -3.23. The first-order chi connectivity index (χ1) is 16.0. The van der Waals surface area contributed by atoms with Crippen molar-refractivity contribution in [3.63, 3.8) is 0 Å². The number of carbonyl (C=O) groups excluding carboxylic acids is 3. The van der Waals surface area contributed by atoms with E-state index in [-0.39, 0.29) is 34.4 Å². The topological polar surface area (TPSA) is 88.8 Å². The first-order valence-corrected chi connectivity index (χ1v) is 11.7. The number of anilines is 1. The van der Waals surface area contributed by atoms with Crippen molar-refractivity contribution >= 4 is 46.8 Å². The van der Waals surface area contributed by atoms with E-state index >= 15 is 0 Å². The molecule has 9 heteroatoms. The quantitative estimate of drug-likeness (QED) is 0.467. The first kappa shape index (κ1) is 22.9. The molecule has 0 radical (unpaired) electrons. The molecule has 170 valence electrons. The third kappa shape index (κ3) is 5.23. The van der Waals surface area contributed by atoms with E-state index in [1.807, 2.05) is 18.2 Å². The number of hydrogen-bond donors (Lipinski definition) is 1. The summed E-state index contributed by atoms with van der Waals surface area (Å²) in [4.78, 5) is 38.7. The van der Waals surface area contributed by atoms with Gasteiger partial charge in [0.25, 0.3) is 5.91 Å². The lowest BCUT2D eigenvalue weighted by Gasteiger charge is -2.23. The van der Waals surface area contributed by atoms with Crippen LogP contribution in [-0.2, 0) is 16.1 Å². The molecule has 0 saturated carbocycles. The van der Waals surface area contributed by atoms with Crippen molar-refractivity contribution in [2.24, 2.45) is 0 Å². The fourth-order valence-corrected chi connectivity index (χ4v) is 4.89. The number of nitrogens with zero attached hydrogens (tertiary/aromatic N) is 1. The van der Waals surface area contributed by atoms with E-state index in [4.69, 9.17) is 20.8 Å². The van der Waals surface area contributed by atoms with Crippen LogP contribution in [0.15, 0.2) is 65.3 Å². The molecule has 0 aliphatic carbocycles. The van der Waals surface area contributed by atoms with Crippen molar-refractivity contribution in [2.45, 2.75) is 18.8 Å². The normalized spacial score (nSPS) is 15.5. The molecule has 0 bridgehead atoms. The number of esters is 1. The highest BCUT2D eigenvalue weighted by Gasteiger charge is 2.33. The Labute approximate surface area is 200 Å². The Morgan fingerprint density at radius 3 is 2.67 bits per heavy atom. The van der Waals surface area contributed by atoms with Crippen molar-refractivity contribution in [3.05, 3.63) is 88.3 Å². The predicted octanol–water partition coefficient (Wildman–Crippen LogP) is 5.14. The summed E-state index contributed by atoms with van der Waals surface area (Å²) >= 11 is 7.71. The molecule has 2 amide bonds. The lowest BCUT2D eigenvalue weighted by molar-refractivity contribution is -0.128. The molecule has 3 aromatic rings. The molecule has 1 aliphatic rings. The monoisotopic (exact) mass is 484 g/mol.